The van der Waals surface area contributed by atoms with Gasteiger partial charge in [-0.2, -0.15) is 11.3 Å². The zero-order valence-electron chi connectivity index (χ0n) is 15.6. The van der Waals surface area contributed by atoms with Crippen LogP contribution in [-0.2, 0) is 11.3 Å². The fraction of sp³-hybridized carbons (Fsp3) is 0.810. The molecule has 140 valence electrons. The van der Waals surface area contributed by atoms with Crippen LogP contribution in [0.15, 0.2) is 16.8 Å². The minimum Gasteiger partial charge on any atom is -0.377 e. The van der Waals surface area contributed by atoms with Crippen LogP contribution in [0, 0.1) is 5.92 Å². The lowest BCUT2D eigenvalue weighted by Crippen LogP contribution is -2.43. The van der Waals surface area contributed by atoms with E-state index in [4.69, 9.17) is 4.74 Å². The van der Waals surface area contributed by atoms with Gasteiger partial charge in [0.1, 0.15) is 0 Å². The maximum absolute atomic E-state index is 5.93. The molecule has 1 aromatic rings. The third-order valence-electron chi connectivity index (χ3n) is 6.48. The highest BCUT2D eigenvalue weighted by molar-refractivity contribution is 7.07. The number of hydrogen-bond donors (Lipinski definition) is 0. The van der Waals surface area contributed by atoms with Gasteiger partial charge in [0.25, 0.3) is 0 Å². The molecule has 3 heterocycles. The van der Waals surface area contributed by atoms with Gasteiger partial charge in [0.2, 0.25) is 0 Å². The smallest absolute Gasteiger partial charge is 0.0702 e. The first-order valence-corrected chi connectivity index (χ1v) is 11.4. The highest BCUT2D eigenvalue weighted by atomic mass is 32.1. The van der Waals surface area contributed by atoms with Gasteiger partial charge < -0.3 is 9.64 Å². The third-order valence-corrected chi connectivity index (χ3v) is 7.21. The largest absolute Gasteiger partial charge is 0.377 e. The summed E-state index contributed by atoms with van der Waals surface area (Å²) in [4.78, 5) is 5.49. The van der Waals surface area contributed by atoms with Crippen molar-refractivity contribution in [1.82, 2.24) is 9.80 Å². The molecule has 0 bridgehead atoms. The average Bonchev–Trinajstić information content (AvgIpc) is 3.39. The first-order valence-electron chi connectivity index (χ1n) is 10.5. The molecule has 1 unspecified atom stereocenters. The second-order valence-electron chi connectivity index (χ2n) is 8.38. The molecule has 3 nitrogen and oxygen atoms in total. The molecule has 0 aromatic carbocycles. The minimum absolute atomic E-state index is 0.470. The van der Waals surface area contributed by atoms with E-state index in [-0.39, 0.29) is 0 Å². The number of hydrogen-bond acceptors (Lipinski definition) is 4. The summed E-state index contributed by atoms with van der Waals surface area (Å²) in [5.41, 5.74) is 1.48. The predicted octanol–water partition coefficient (Wildman–Crippen LogP) is 4.38. The van der Waals surface area contributed by atoms with E-state index in [1.807, 2.05) is 11.3 Å². The first-order chi connectivity index (χ1) is 12.4. The summed E-state index contributed by atoms with van der Waals surface area (Å²) in [6.45, 7) is 7.12. The van der Waals surface area contributed by atoms with Crippen LogP contribution in [0.25, 0.3) is 0 Å². The number of likely N-dealkylation sites (tertiary alicyclic amines) is 1. The molecule has 0 spiro atoms. The second-order valence-corrected chi connectivity index (χ2v) is 9.16. The summed E-state index contributed by atoms with van der Waals surface area (Å²) in [6, 6.07) is 3.20. The van der Waals surface area contributed by atoms with Crippen molar-refractivity contribution in [3.63, 3.8) is 0 Å². The van der Waals surface area contributed by atoms with Gasteiger partial charge >= 0.3 is 0 Å². The number of rotatable bonds is 7. The average molecular weight is 363 g/mol. The third kappa shape index (κ3) is 5.06. The Kier molecular flexibility index (Phi) is 6.46. The van der Waals surface area contributed by atoms with Crippen LogP contribution in [0.2, 0.25) is 0 Å². The summed E-state index contributed by atoms with van der Waals surface area (Å²) in [5.74, 6) is 0.873. The Hall–Kier alpha value is -0.420. The Morgan fingerprint density at radius 1 is 1.04 bits per heavy atom. The quantitative estimate of drug-likeness (QED) is 0.716. The van der Waals surface area contributed by atoms with Crippen molar-refractivity contribution in [2.24, 2.45) is 5.92 Å². The summed E-state index contributed by atoms with van der Waals surface area (Å²) in [5, 5.41) is 4.52. The molecule has 0 amide bonds. The van der Waals surface area contributed by atoms with Crippen LogP contribution in [0.1, 0.15) is 56.9 Å². The standard InChI is InChI=1S/C21H34N2OS/c1-2-5-20(4-1)23-10-7-18(8-11-23)14-22(15-19-9-13-25-17-19)16-21-6-3-12-24-21/h9,13,17-18,20-21H,1-8,10-12,14-16H2. The molecule has 1 aromatic heterocycles. The molecule has 4 heteroatoms. The molecule has 3 fully saturated rings. The van der Waals surface area contributed by atoms with E-state index in [0.29, 0.717) is 6.10 Å². The van der Waals surface area contributed by atoms with E-state index in [9.17, 15) is 0 Å². The number of nitrogens with zero attached hydrogens (tertiary/aromatic N) is 2. The van der Waals surface area contributed by atoms with Gasteiger partial charge in [-0.1, -0.05) is 12.8 Å². The van der Waals surface area contributed by atoms with E-state index in [0.717, 1.165) is 31.7 Å². The normalized spacial score (nSPS) is 26.8. The summed E-state index contributed by atoms with van der Waals surface area (Å²) < 4.78 is 5.93. The van der Waals surface area contributed by atoms with Crippen LogP contribution in [0.3, 0.4) is 0 Å². The van der Waals surface area contributed by atoms with Crippen molar-refractivity contribution in [3.05, 3.63) is 22.4 Å². The van der Waals surface area contributed by atoms with E-state index in [2.05, 4.69) is 26.6 Å². The molecule has 1 saturated carbocycles. The van der Waals surface area contributed by atoms with Crippen molar-refractivity contribution in [3.8, 4) is 0 Å². The Balaban J connectivity index is 1.28. The summed E-state index contributed by atoms with van der Waals surface area (Å²) in [6.07, 6.45) is 11.6. The van der Waals surface area contributed by atoms with Gasteiger partial charge in [0.05, 0.1) is 6.10 Å². The van der Waals surface area contributed by atoms with E-state index < -0.39 is 0 Å². The van der Waals surface area contributed by atoms with Gasteiger partial charge in [-0.15, -0.1) is 0 Å². The maximum atomic E-state index is 5.93. The van der Waals surface area contributed by atoms with Crippen molar-refractivity contribution in [2.45, 2.75) is 70.1 Å². The molecule has 25 heavy (non-hydrogen) atoms. The van der Waals surface area contributed by atoms with Gasteiger partial charge in [-0.05, 0) is 79.9 Å². The Morgan fingerprint density at radius 2 is 1.88 bits per heavy atom. The molecule has 0 N–H and O–H groups in total. The Morgan fingerprint density at radius 3 is 2.56 bits per heavy atom. The molecule has 2 aliphatic heterocycles. The highest BCUT2D eigenvalue weighted by Gasteiger charge is 2.28. The lowest BCUT2D eigenvalue weighted by atomic mass is 9.94. The summed E-state index contributed by atoms with van der Waals surface area (Å²) >= 11 is 1.82. The van der Waals surface area contributed by atoms with Gasteiger partial charge in [-0.3, -0.25) is 4.90 Å². The second kappa shape index (κ2) is 8.98. The van der Waals surface area contributed by atoms with E-state index in [1.54, 1.807) is 0 Å². The topological polar surface area (TPSA) is 15.7 Å². The van der Waals surface area contributed by atoms with Crippen molar-refractivity contribution in [2.75, 3.05) is 32.8 Å². The molecule has 3 aliphatic rings. The molecular weight excluding hydrogens is 328 g/mol. The fourth-order valence-electron chi connectivity index (χ4n) is 5.06. The Labute approximate surface area is 157 Å². The number of ether oxygens (including phenoxy) is 1. The lowest BCUT2D eigenvalue weighted by molar-refractivity contribution is 0.0540. The van der Waals surface area contributed by atoms with Crippen LogP contribution in [0.5, 0.6) is 0 Å². The molecule has 1 atom stereocenters. The van der Waals surface area contributed by atoms with Gasteiger partial charge in [0.15, 0.2) is 0 Å². The van der Waals surface area contributed by atoms with Crippen LogP contribution >= 0.6 is 11.3 Å². The van der Waals surface area contributed by atoms with Crippen LogP contribution in [0.4, 0.5) is 0 Å². The van der Waals surface area contributed by atoms with Crippen LogP contribution < -0.4 is 0 Å². The number of thiophene rings is 1. The highest BCUT2D eigenvalue weighted by Crippen LogP contribution is 2.28. The van der Waals surface area contributed by atoms with Crippen molar-refractivity contribution in [1.29, 1.82) is 0 Å². The lowest BCUT2D eigenvalue weighted by Gasteiger charge is -2.38. The Bertz CT molecular complexity index is 486. The molecule has 1 aliphatic carbocycles. The zero-order valence-corrected chi connectivity index (χ0v) is 16.4. The maximum Gasteiger partial charge on any atom is 0.0702 e. The summed E-state index contributed by atoms with van der Waals surface area (Å²) in [7, 11) is 0. The monoisotopic (exact) mass is 362 g/mol. The first kappa shape index (κ1) is 18.0. The van der Waals surface area contributed by atoms with Gasteiger partial charge in [0, 0.05) is 32.3 Å². The van der Waals surface area contributed by atoms with Crippen LogP contribution in [-0.4, -0.2) is 54.7 Å². The molecular formula is C21H34N2OS. The minimum atomic E-state index is 0.470. The van der Waals surface area contributed by atoms with E-state index >= 15 is 0 Å². The van der Waals surface area contributed by atoms with Gasteiger partial charge in [-0.25, -0.2) is 0 Å². The predicted molar refractivity (Wildman–Crippen MR) is 105 cm³/mol. The zero-order chi connectivity index (χ0) is 16.9. The van der Waals surface area contributed by atoms with Crippen molar-refractivity contribution < 1.29 is 4.74 Å². The fourth-order valence-corrected chi connectivity index (χ4v) is 5.72. The number of piperidine rings is 1. The van der Waals surface area contributed by atoms with Crippen molar-refractivity contribution >= 4 is 11.3 Å². The molecule has 2 saturated heterocycles. The van der Waals surface area contributed by atoms with E-state index in [1.165, 1.54) is 76.6 Å². The molecule has 0 radical (unpaired) electrons. The molecule has 4 rings (SSSR count). The SMILES string of the molecule is c1cc(CN(CC2CCN(C3CCCC3)CC2)CC2CCCO2)cs1.